The second kappa shape index (κ2) is 18.7. The van der Waals surface area contributed by atoms with Gasteiger partial charge in [0.05, 0.1) is 21.9 Å². The Morgan fingerprint density at radius 1 is 0.259 bits per heavy atom. The van der Waals surface area contributed by atoms with Crippen LogP contribution < -0.4 is 4.90 Å². The van der Waals surface area contributed by atoms with Crippen LogP contribution in [-0.2, 0) is 16.2 Å². The quantitative estimate of drug-likeness (QED) is 0.140. The van der Waals surface area contributed by atoms with Crippen LogP contribution in [0, 0.1) is 0 Å². The van der Waals surface area contributed by atoms with Crippen LogP contribution in [0.5, 0.6) is 0 Å². The van der Waals surface area contributed by atoms with Gasteiger partial charge in [0.25, 0.3) is 0 Å². The standard InChI is InChI=1S/C83H58N2/c1-81(2)73-33-17-12-32-69(73)70-54-64(48-49-74(70)81)84(63-46-41-59(42-47-63)82(57-22-6-3-7-23-57)75-34-18-13-28-65(75)66-29-14-19-35-76(66)82)62-44-38-55(39-45-62)56-40-50-79-71(52-56)72-53-60(43-51-80(72)85(79)61-26-10-5-11-27-61)83(58-24-8-4-9-25-58)77-36-20-15-30-67(77)68-31-16-21-37-78(68)83/h3-54H,1-2H3. The van der Waals surface area contributed by atoms with Crippen LogP contribution in [0.3, 0.4) is 0 Å². The molecule has 1 aromatic heterocycles. The molecule has 2 nitrogen and oxygen atoms in total. The first kappa shape index (κ1) is 49.1. The molecule has 13 aromatic carbocycles. The fourth-order valence-corrected chi connectivity index (χ4v) is 15.7. The summed E-state index contributed by atoms with van der Waals surface area (Å²) in [5, 5.41) is 2.44. The largest absolute Gasteiger partial charge is 0.310 e. The van der Waals surface area contributed by atoms with E-state index in [4.69, 9.17) is 0 Å². The predicted molar refractivity (Wildman–Crippen MR) is 353 cm³/mol. The zero-order valence-electron chi connectivity index (χ0n) is 47.4. The van der Waals surface area contributed by atoms with Gasteiger partial charge in [-0.3, -0.25) is 0 Å². The highest BCUT2D eigenvalue weighted by Gasteiger charge is 2.48. The predicted octanol–water partition coefficient (Wildman–Crippen LogP) is 21.0. The first-order chi connectivity index (χ1) is 41.9. The number of nitrogens with zero attached hydrogens (tertiary/aromatic N) is 2. The number of hydrogen-bond acceptors (Lipinski definition) is 1. The van der Waals surface area contributed by atoms with Crippen LogP contribution >= 0.6 is 0 Å². The Morgan fingerprint density at radius 2 is 0.624 bits per heavy atom. The van der Waals surface area contributed by atoms with Gasteiger partial charge in [-0.05, 0) is 173 Å². The Kier molecular flexibility index (Phi) is 10.8. The summed E-state index contributed by atoms with van der Waals surface area (Å²) >= 11 is 0. The van der Waals surface area contributed by atoms with Gasteiger partial charge in [-0.15, -0.1) is 0 Å². The molecule has 0 fully saturated rings. The van der Waals surface area contributed by atoms with Gasteiger partial charge in [-0.25, -0.2) is 0 Å². The summed E-state index contributed by atoms with van der Waals surface area (Å²) in [6, 6.07) is 118. The fraction of sp³-hybridized carbons (Fsp3) is 0.0602. The highest BCUT2D eigenvalue weighted by molar-refractivity contribution is 6.11. The number of rotatable bonds is 9. The van der Waals surface area contributed by atoms with Crippen molar-refractivity contribution in [2.75, 3.05) is 4.90 Å². The molecule has 0 spiro atoms. The molecule has 85 heavy (non-hydrogen) atoms. The van der Waals surface area contributed by atoms with Gasteiger partial charge in [0.15, 0.2) is 0 Å². The molecule has 0 radical (unpaired) electrons. The van der Waals surface area contributed by atoms with E-state index in [0.29, 0.717) is 0 Å². The second-order valence-electron chi connectivity index (χ2n) is 23.9. The zero-order valence-corrected chi connectivity index (χ0v) is 47.4. The molecule has 0 saturated heterocycles. The molecule has 0 amide bonds. The number of benzene rings is 13. The smallest absolute Gasteiger partial charge is 0.0713 e. The summed E-state index contributed by atoms with van der Waals surface area (Å²) in [4.78, 5) is 2.45. The SMILES string of the molecule is CC1(C)c2ccccc2-c2cc(N(c3ccc(-c4ccc5c(c4)c4cc(C6(c7ccccc7)c7ccccc7-c7ccccc76)ccc4n5-c4ccccc4)cc3)c3ccc(C4(c5ccccc5)c5ccccc5-c5ccccc54)cc3)ccc21. The van der Waals surface area contributed by atoms with Crippen molar-refractivity contribution in [2.45, 2.75) is 30.1 Å². The molecule has 0 bridgehead atoms. The van der Waals surface area contributed by atoms with Crippen molar-refractivity contribution < 1.29 is 0 Å². The van der Waals surface area contributed by atoms with Crippen LogP contribution in [0.4, 0.5) is 17.1 Å². The monoisotopic (exact) mass is 1080 g/mol. The van der Waals surface area contributed by atoms with Crippen LogP contribution in [0.15, 0.2) is 315 Å². The number of para-hydroxylation sites is 1. The zero-order chi connectivity index (χ0) is 56.4. The van der Waals surface area contributed by atoms with Gasteiger partial charge in [0, 0.05) is 38.9 Å². The molecule has 17 rings (SSSR count). The van der Waals surface area contributed by atoms with E-state index >= 15 is 0 Å². The fourth-order valence-electron chi connectivity index (χ4n) is 15.7. The summed E-state index contributed by atoms with van der Waals surface area (Å²) in [6.45, 7) is 4.72. The van der Waals surface area contributed by atoms with E-state index in [1.165, 1.54) is 116 Å². The van der Waals surface area contributed by atoms with Crippen LogP contribution in [-0.4, -0.2) is 4.57 Å². The van der Waals surface area contributed by atoms with Gasteiger partial charge < -0.3 is 9.47 Å². The summed E-state index contributed by atoms with van der Waals surface area (Å²) in [7, 11) is 0. The third kappa shape index (κ3) is 7.00. The van der Waals surface area contributed by atoms with Crippen LogP contribution in [0.2, 0.25) is 0 Å². The molecule has 0 atom stereocenters. The normalized spacial score (nSPS) is 14.3. The van der Waals surface area contributed by atoms with Gasteiger partial charge in [-0.1, -0.05) is 257 Å². The maximum Gasteiger partial charge on any atom is 0.0713 e. The van der Waals surface area contributed by atoms with E-state index in [-0.39, 0.29) is 5.41 Å². The molecule has 400 valence electrons. The minimum absolute atomic E-state index is 0.106. The Labute approximate surface area is 496 Å². The summed E-state index contributed by atoms with van der Waals surface area (Å²) < 4.78 is 2.44. The second-order valence-corrected chi connectivity index (χ2v) is 23.9. The molecule has 0 saturated carbocycles. The van der Waals surface area contributed by atoms with Crippen molar-refractivity contribution in [1.82, 2.24) is 4.57 Å². The summed E-state index contributed by atoms with van der Waals surface area (Å²) in [5.74, 6) is 0. The molecular formula is C83H58N2. The maximum atomic E-state index is 2.50. The van der Waals surface area contributed by atoms with Crippen LogP contribution in [0.1, 0.15) is 69.5 Å². The van der Waals surface area contributed by atoms with Gasteiger partial charge >= 0.3 is 0 Å². The molecule has 2 heteroatoms. The molecule has 0 aliphatic heterocycles. The third-order valence-electron chi connectivity index (χ3n) is 19.4. The van der Waals surface area contributed by atoms with Crippen molar-refractivity contribution >= 4 is 38.9 Å². The van der Waals surface area contributed by atoms with Crippen molar-refractivity contribution in [1.29, 1.82) is 0 Å². The lowest BCUT2D eigenvalue weighted by Crippen LogP contribution is -2.28. The minimum Gasteiger partial charge on any atom is -0.310 e. The summed E-state index contributed by atoms with van der Waals surface area (Å²) in [5.41, 5.74) is 28.8. The first-order valence-corrected chi connectivity index (χ1v) is 29.8. The van der Waals surface area contributed by atoms with E-state index in [9.17, 15) is 0 Å². The van der Waals surface area contributed by atoms with Gasteiger partial charge in [0.2, 0.25) is 0 Å². The molecule has 3 aliphatic rings. The highest BCUT2D eigenvalue weighted by atomic mass is 15.1. The Balaban J connectivity index is 0.823. The third-order valence-corrected chi connectivity index (χ3v) is 19.4. The minimum atomic E-state index is -0.515. The van der Waals surface area contributed by atoms with Crippen molar-refractivity contribution in [3.8, 4) is 50.2 Å². The number of aromatic nitrogens is 1. The molecule has 3 aliphatic carbocycles. The van der Waals surface area contributed by atoms with E-state index in [2.05, 4.69) is 339 Å². The lowest BCUT2D eigenvalue weighted by atomic mass is 9.67. The highest BCUT2D eigenvalue weighted by Crippen LogP contribution is 2.59. The van der Waals surface area contributed by atoms with Gasteiger partial charge in [0.1, 0.15) is 0 Å². The number of anilines is 3. The molecule has 0 unspecified atom stereocenters. The summed E-state index contributed by atoms with van der Waals surface area (Å²) in [6.07, 6.45) is 0. The molecule has 1 heterocycles. The van der Waals surface area contributed by atoms with E-state index < -0.39 is 10.8 Å². The van der Waals surface area contributed by atoms with E-state index in [1.807, 2.05) is 0 Å². The number of hydrogen-bond donors (Lipinski definition) is 0. The van der Waals surface area contributed by atoms with E-state index in [0.717, 1.165) is 28.3 Å². The molecule has 14 aromatic rings. The molecular weight excluding hydrogens is 1020 g/mol. The van der Waals surface area contributed by atoms with Crippen molar-refractivity contribution in [2.24, 2.45) is 0 Å². The average Bonchev–Trinajstić information content (AvgIpc) is 1.68. The average molecular weight is 1080 g/mol. The Morgan fingerprint density at radius 3 is 1.15 bits per heavy atom. The maximum absolute atomic E-state index is 2.50. The van der Waals surface area contributed by atoms with Crippen molar-refractivity contribution in [3.63, 3.8) is 0 Å². The van der Waals surface area contributed by atoms with Gasteiger partial charge in [-0.2, -0.15) is 0 Å². The van der Waals surface area contributed by atoms with Crippen LogP contribution in [0.25, 0.3) is 72.0 Å². The van der Waals surface area contributed by atoms with Crippen molar-refractivity contribution in [3.05, 3.63) is 371 Å². The Bertz CT molecular complexity index is 4860. The first-order valence-electron chi connectivity index (χ1n) is 29.8. The lowest BCUT2D eigenvalue weighted by molar-refractivity contribution is 0.660. The van der Waals surface area contributed by atoms with E-state index in [1.54, 1.807) is 0 Å². The topological polar surface area (TPSA) is 8.17 Å². The number of fused-ring (bicyclic) bond motifs is 12. The Hall–Kier alpha value is -10.5. The lowest BCUT2D eigenvalue weighted by Gasteiger charge is -2.34. The molecule has 0 N–H and O–H groups in total.